The van der Waals surface area contributed by atoms with Gasteiger partial charge in [0.1, 0.15) is 0 Å². The fourth-order valence-electron chi connectivity index (χ4n) is 1.27. The number of carbonyl (C=O) groups excluding carboxylic acids is 2. The maximum absolute atomic E-state index is 11.6. The van der Waals surface area contributed by atoms with Crippen molar-refractivity contribution in [2.75, 3.05) is 13.2 Å². The summed E-state index contributed by atoms with van der Waals surface area (Å²) in [6, 6.07) is -1.05. The van der Waals surface area contributed by atoms with Crippen molar-refractivity contribution in [2.45, 2.75) is 45.7 Å². The number of urea groups is 1. The van der Waals surface area contributed by atoms with Crippen molar-refractivity contribution in [1.29, 1.82) is 0 Å². The van der Waals surface area contributed by atoms with Gasteiger partial charge in [-0.25, -0.2) is 4.79 Å². The minimum Gasteiger partial charge on any atom is -0.394 e. The third kappa shape index (κ3) is 5.65. The molecule has 0 saturated heterocycles. The van der Waals surface area contributed by atoms with Crippen LogP contribution in [0.3, 0.4) is 0 Å². The molecule has 0 rings (SSSR count). The average Bonchev–Trinajstić information content (AvgIpc) is 2.28. The van der Waals surface area contributed by atoms with Crippen molar-refractivity contribution in [1.82, 2.24) is 16.0 Å². The summed E-state index contributed by atoms with van der Waals surface area (Å²) in [5.74, 6) is -0.413. The molecule has 0 aromatic carbocycles. The normalized spacial score (nSPS) is 15.8. The third-order valence-electron chi connectivity index (χ3n) is 2.66. The molecular formula is C11H23N3O3. The monoisotopic (exact) mass is 245 g/mol. The number of aliphatic hydroxyl groups excluding tert-OH is 1. The first-order valence-corrected chi connectivity index (χ1v) is 5.85. The first kappa shape index (κ1) is 15.9. The van der Waals surface area contributed by atoms with E-state index in [4.69, 9.17) is 0 Å². The fraction of sp³-hybridized carbons (Fsp3) is 0.818. The number of hydrogen-bond donors (Lipinski definition) is 4. The van der Waals surface area contributed by atoms with Gasteiger partial charge >= 0.3 is 6.03 Å². The highest BCUT2D eigenvalue weighted by Gasteiger charge is 2.26. The molecule has 3 amide bonds. The van der Waals surface area contributed by atoms with E-state index in [-0.39, 0.29) is 6.61 Å². The zero-order valence-corrected chi connectivity index (χ0v) is 11.0. The van der Waals surface area contributed by atoms with Crippen LogP contribution in [-0.4, -0.2) is 41.8 Å². The standard InChI is InChI=1S/C11H23N3O3/c1-5-11(4,7-15)14-8(3)9(16)13-10(17)12-6-2/h8,14-15H,5-7H2,1-4H3,(H2,12,13,16,17). The lowest BCUT2D eigenvalue weighted by molar-refractivity contribution is -0.122. The molecule has 4 N–H and O–H groups in total. The van der Waals surface area contributed by atoms with Crippen molar-refractivity contribution in [2.24, 2.45) is 0 Å². The summed E-state index contributed by atoms with van der Waals surface area (Å²) in [4.78, 5) is 22.8. The molecule has 0 aromatic heterocycles. The quantitative estimate of drug-likeness (QED) is 0.529. The highest BCUT2D eigenvalue weighted by molar-refractivity contribution is 5.96. The van der Waals surface area contributed by atoms with Crippen LogP contribution in [0.25, 0.3) is 0 Å². The van der Waals surface area contributed by atoms with Crippen LogP contribution >= 0.6 is 0 Å². The summed E-state index contributed by atoms with van der Waals surface area (Å²) >= 11 is 0. The number of carbonyl (C=O) groups is 2. The molecule has 0 fully saturated rings. The van der Waals surface area contributed by atoms with Crippen LogP contribution in [0.15, 0.2) is 0 Å². The summed E-state index contributed by atoms with van der Waals surface area (Å²) in [5.41, 5.74) is -0.516. The number of rotatable bonds is 6. The van der Waals surface area contributed by atoms with E-state index in [9.17, 15) is 14.7 Å². The second-order valence-electron chi connectivity index (χ2n) is 4.29. The molecule has 0 heterocycles. The number of nitrogens with one attached hydrogen (secondary N) is 3. The summed E-state index contributed by atoms with van der Waals surface area (Å²) in [6.07, 6.45) is 0.683. The first-order valence-electron chi connectivity index (χ1n) is 5.85. The van der Waals surface area contributed by atoms with Crippen molar-refractivity contribution >= 4 is 11.9 Å². The highest BCUT2D eigenvalue weighted by atomic mass is 16.3. The Kier molecular flexibility index (Phi) is 6.75. The molecule has 100 valence electrons. The van der Waals surface area contributed by atoms with E-state index < -0.39 is 23.5 Å². The van der Waals surface area contributed by atoms with E-state index >= 15 is 0 Å². The molecule has 6 nitrogen and oxygen atoms in total. The SMILES string of the molecule is CCNC(=O)NC(=O)C(C)NC(C)(CC)CO. The topological polar surface area (TPSA) is 90.5 Å². The molecule has 0 aliphatic rings. The number of hydrogen-bond acceptors (Lipinski definition) is 4. The Morgan fingerprint density at radius 2 is 1.94 bits per heavy atom. The minimum atomic E-state index is -0.547. The summed E-state index contributed by atoms with van der Waals surface area (Å²) in [6.45, 7) is 7.55. The van der Waals surface area contributed by atoms with Crippen LogP contribution in [-0.2, 0) is 4.79 Å². The Hall–Kier alpha value is -1.14. The lowest BCUT2D eigenvalue weighted by atomic mass is 9.99. The molecule has 0 bridgehead atoms. The minimum absolute atomic E-state index is 0.0672. The number of amides is 3. The third-order valence-corrected chi connectivity index (χ3v) is 2.66. The summed E-state index contributed by atoms with van der Waals surface area (Å²) in [5, 5.41) is 16.9. The molecular weight excluding hydrogens is 222 g/mol. The molecule has 0 spiro atoms. The first-order chi connectivity index (χ1) is 7.88. The van der Waals surface area contributed by atoms with Crippen LogP contribution in [0.2, 0.25) is 0 Å². The van der Waals surface area contributed by atoms with E-state index in [1.807, 2.05) is 13.8 Å². The van der Waals surface area contributed by atoms with Gasteiger partial charge in [-0.05, 0) is 27.2 Å². The van der Waals surface area contributed by atoms with Gasteiger partial charge in [-0.3, -0.25) is 15.4 Å². The second kappa shape index (κ2) is 7.24. The van der Waals surface area contributed by atoms with E-state index in [0.717, 1.165) is 0 Å². The van der Waals surface area contributed by atoms with Crippen molar-refractivity contribution in [3.63, 3.8) is 0 Å². The Morgan fingerprint density at radius 3 is 2.35 bits per heavy atom. The lowest BCUT2D eigenvalue weighted by Gasteiger charge is -2.30. The van der Waals surface area contributed by atoms with Crippen LogP contribution in [0.1, 0.15) is 34.1 Å². The largest absolute Gasteiger partial charge is 0.394 e. The molecule has 2 unspecified atom stereocenters. The van der Waals surface area contributed by atoms with Gasteiger partial charge in [0, 0.05) is 12.1 Å². The van der Waals surface area contributed by atoms with E-state index in [2.05, 4.69) is 16.0 Å². The van der Waals surface area contributed by atoms with E-state index in [1.165, 1.54) is 0 Å². The van der Waals surface area contributed by atoms with Gasteiger partial charge in [-0.1, -0.05) is 6.92 Å². The van der Waals surface area contributed by atoms with Gasteiger partial charge in [-0.15, -0.1) is 0 Å². The van der Waals surface area contributed by atoms with Crippen molar-refractivity contribution < 1.29 is 14.7 Å². The second-order valence-corrected chi connectivity index (χ2v) is 4.29. The van der Waals surface area contributed by atoms with Crippen LogP contribution < -0.4 is 16.0 Å². The lowest BCUT2D eigenvalue weighted by Crippen LogP contribution is -2.56. The molecule has 0 aliphatic carbocycles. The van der Waals surface area contributed by atoms with Crippen molar-refractivity contribution in [3.05, 3.63) is 0 Å². The molecule has 0 aromatic rings. The maximum Gasteiger partial charge on any atom is 0.321 e. The van der Waals surface area contributed by atoms with Gasteiger partial charge in [-0.2, -0.15) is 0 Å². The molecule has 0 radical (unpaired) electrons. The zero-order chi connectivity index (χ0) is 13.5. The van der Waals surface area contributed by atoms with Gasteiger partial charge < -0.3 is 10.4 Å². The van der Waals surface area contributed by atoms with Crippen LogP contribution in [0.5, 0.6) is 0 Å². The zero-order valence-electron chi connectivity index (χ0n) is 11.0. The molecule has 0 aliphatic heterocycles. The average molecular weight is 245 g/mol. The van der Waals surface area contributed by atoms with Crippen LogP contribution in [0.4, 0.5) is 4.79 Å². The maximum atomic E-state index is 11.6. The molecule has 17 heavy (non-hydrogen) atoms. The fourth-order valence-corrected chi connectivity index (χ4v) is 1.27. The summed E-state index contributed by atoms with van der Waals surface area (Å²) < 4.78 is 0. The Balaban J connectivity index is 4.27. The van der Waals surface area contributed by atoms with E-state index in [0.29, 0.717) is 13.0 Å². The van der Waals surface area contributed by atoms with Crippen LogP contribution in [0, 0.1) is 0 Å². The molecule has 2 atom stereocenters. The summed E-state index contributed by atoms with van der Waals surface area (Å²) in [7, 11) is 0. The van der Waals surface area contributed by atoms with Gasteiger partial charge in [0.2, 0.25) is 5.91 Å². The smallest absolute Gasteiger partial charge is 0.321 e. The predicted octanol–water partition coefficient (Wildman–Crippen LogP) is -0.0288. The number of aliphatic hydroxyl groups is 1. The molecule has 0 saturated carbocycles. The van der Waals surface area contributed by atoms with E-state index in [1.54, 1.807) is 13.8 Å². The Bertz CT molecular complexity index is 265. The highest BCUT2D eigenvalue weighted by Crippen LogP contribution is 2.08. The van der Waals surface area contributed by atoms with Crippen molar-refractivity contribution in [3.8, 4) is 0 Å². The molecule has 6 heteroatoms. The Labute approximate surface area is 102 Å². The van der Waals surface area contributed by atoms with Gasteiger partial charge in [0.25, 0.3) is 0 Å². The predicted molar refractivity (Wildman–Crippen MR) is 65.6 cm³/mol. The van der Waals surface area contributed by atoms with Gasteiger partial charge in [0.05, 0.1) is 12.6 Å². The number of imide groups is 1. The van der Waals surface area contributed by atoms with Gasteiger partial charge in [0.15, 0.2) is 0 Å². The Morgan fingerprint density at radius 1 is 1.35 bits per heavy atom.